The number of rotatable bonds is 1. The van der Waals surface area contributed by atoms with Crippen LogP contribution in [0.2, 0.25) is 0 Å². The average Bonchev–Trinajstić information content (AvgIpc) is 3.43. The number of ketones is 2. The van der Waals surface area contributed by atoms with E-state index in [1.165, 1.54) is 0 Å². The van der Waals surface area contributed by atoms with Crippen molar-refractivity contribution in [2.24, 2.45) is 0 Å². The highest BCUT2D eigenvalue weighted by atomic mass is 16.6. The van der Waals surface area contributed by atoms with Gasteiger partial charge in [0, 0.05) is 36.2 Å². The van der Waals surface area contributed by atoms with Gasteiger partial charge in [0.15, 0.2) is 17.2 Å². The number of cyclic esters (lactones) is 2. The molecule has 1 amide bonds. The highest BCUT2D eigenvalue weighted by Gasteiger charge is 2.38. The van der Waals surface area contributed by atoms with Gasteiger partial charge in [0.05, 0.1) is 17.6 Å². The van der Waals surface area contributed by atoms with Crippen LogP contribution in [-0.4, -0.2) is 58.4 Å². The Hall–Kier alpha value is -4.14. The lowest BCUT2D eigenvalue weighted by molar-refractivity contribution is -0.132. The van der Waals surface area contributed by atoms with Gasteiger partial charge < -0.3 is 24.4 Å². The molecule has 2 aromatic carbocycles. The molecule has 9 heteroatoms. The molecular formula is C35H46N2O7. The molecule has 0 saturated carbocycles. The summed E-state index contributed by atoms with van der Waals surface area (Å²) in [6.07, 6.45) is 0.795. The first kappa shape index (κ1) is 34.4. The van der Waals surface area contributed by atoms with Crippen molar-refractivity contribution >= 4 is 23.6 Å². The van der Waals surface area contributed by atoms with E-state index < -0.39 is 11.2 Å². The highest BCUT2D eigenvalue weighted by Crippen LogP contribution is 2.35. The molecule has 4 heterocycles. The molecule has 4 aliphatic rings. The standard InChI is InChI=1S/C11H12O2.C10H10O2.C7H13NO2.C7H11NO/c1-11(2)10(12)7-8-5-3-4-6-9(8)13-11;1-10(2)8-6-4-3-5-7(8)9(11)12-10;1-4-8-5-7(2,3)10-6(8)9;1-5-4-6(9)7(2,3)8-5/h3-6H,7H2,1-2H3;3-6H,1-2H3;4-5H2,1-3H3;8H,1,4H2,2-3H3. The van der Waals surface area contributed by atoms with E-state index in [2.05, 4.69) is 11.9 Å². The number of fused-ring (bicyclic) bond motifs is 2. The Morgan fingerprint density at radius 1 is 0.773 bits per heavy atom. The Morgan fingerprint density at radius 3 is 1.86 bits per heavy atom. The Kier molecular flexibility index (Phi) is 10.0. The maximum absolute atomic E-state index is 11.6. The van der Waals surface area contributed by atoms with Crippen LogP contribution in [-0.2, 0) is 31.1 Å². The maximum atomic E-state index is 11.6. The van der Waals surface area contributed by atoms with Crippen LogP contribution < -0.4 is 10.1 Å². The number of carbonyl (C=O) groups is 4. The summed E-state index contributed by atoms with van der Waals surface area (Å²) in [7, 11) is 0. The van der Waals surface area contributed by atoms with E-state index in [0.29, 0.717) is 24.9 Å². The van der Waals surface area contributed by atoms with Crippen LogP contribution in [0.4, 0.5) is 4.79 Å². The summed E-state index contributed by atoms with van der Waals surface area (Å²) in [4.78, 5) is 46.4. The topological polar surface area (TPSA) is 111 Å². The number of nitrogens with zero attached hydrogens (tertiary/aromatic N) is 1. The van der Waals surface area contributed by atoms with Crippen molar-refractivity contribution < 1.29 is 33.4 Å². The number of nitrogens with one attached hydrogen (secondary N) is 1. The number of amides is 1. The van der Waals surface area contributed by atoms with Crippen molar-refractivity contribution in [1.29, 1.82) is 0 Å². The van der Waals surface area contributed by atoms with Crippen molar-refractivity contribution in [1.82, 2.24) is 10.2 Å². The second-order valence-electron chi connectivity index (χ2n) is 13.4. The van der Waals surface area contributed by atoms with Gasteiger partial charge in [-0.3, -0.25) is 9.59 Å². The first-order valence-corrected chi connectivity index (χ1v) is 14.9. The third kappa shape index (κ3) is 8.27. The lowest BCUT2D eigenvalue weighted by atomic mass is 9.93. The summed E-state index contributed by atoms with van der Waals surface area (Å²) < 4.78 is 15.8. The van der Waals surface area contributed by atoms with E-state index in [0.717, 1.165) is 29.1 Å². The molecule has 0 atom stereocenters. The Balaban J connectivity index is 0.000000162. The van der Waals surface area contributed by atoms with Crippen molar-refractivity contribution in [2.45, 2.75) is 97.5 Å². The fourth-order valence-corrected chi connectivity index (χ4v) is 5.06. The summed E-state index contributed by atoms with van der Waals surface area (Å²) in [5.41, 5.74) is 1.75. The number of carbonyl (C=O) groups excluding carboxylic acids is 4. The van der Waals surface area contributed by atoms with Crippen LogP contribution in [0, 0.1) is 0 Å². The molecule has 0 radical (unpaired) electrons. The van der Waals surface area contributed by atoms with Gasteiger partial charge in [-0.15, -0.1) is 0 Å². The van der Waals surface area contributed by atoms with Gasteiger partial charge >= 0.3 is 12.1 Å². The van der Waals surface area contributed by atoms with Gasteiger partial charge in [-0.1, -0.05) is 43.0 Å². The summed E-state index contributed by atoms with van der Waals surface area (Å²) in [5.74, 6) is 1.00. The Bertz CT molecular complexity index is 1440. The molecule has 0 aliphatic carbocycles. The fourth-order valence-electron chi connectivity index (χ4n) is 5.06. The third-order valence-corrected chi connectivity index (χ3v) is 7.64. The maximum Gasteiger partial charge on any atom is 0.410 e. The minimum absolute atomic E-state index is 0.145. The lowest BCUT2D eigenvalue weighted by Gasteiger charge is -2.30. The quantitative estimate of drug-likeness (QED) is 0.386. The summed E-state index contributed by atoms with van der Waals surface area (Å²) >= 11 is 0. The molecule has 2 saturated heterocycles. The van der Waals surface area contributed by atoms with Gasteiger partial charge in [-0.05, 0) is 74.4 Å². The average molecular weight is 607 g/mol. The van der Waals surface area contributed by atoms with Gasteiger partial charge in [0.25, 0.3) is 0 Å². The molecule has 4 aliphatic heterocycles. The number of allylic oxidation sites excluding steroid dienone is 1. The van der Waals surface area contributed by atoms with E-state index in [9.17, 15) is 19.2 Å². The second-order valence-corrected chi connectivity index (χ2v) is 13.4. The predicted molar refractivity (Wildman–Crippen MR) is 169 cm³/mol. The van der Waals surface area contributed by atoms with Crippen molar-refractivity contribution in [3.8, 4) is 5.75 Å². The van der Waals surface area contributed by atoms with Crippen LogP contribution in [0.15, 0.2) is 60.8 Å². The van der Waals surface area contributed by atoms with Gasteiger partial charge in [-0.25, -0.2) is 9.59 Å². The van der Waals surface area contributed by atoms with Gasteiger partial charge in [0.2, 0.25) is 0 Å². The largest absolute Gasteiger partial charge is 0.480 e. The summed E-state index contributed by atoms with van der Waals surface area (Å²) in [6, 6.07) is 15.2. The van der Waals surface area contributed by atoms with E-state index in [-0.39, 0.29) is 34.8 Å². The molecule has 6 rings (SSSR count). The Morgan fingerprint density at radius 2 is 1.39 bits per heavy atom. The van der Waals surface area contributed by atoms with Crippen LogP contribution in [0.5, 0.6) is 5.75 Å². The molecule has 0 aromatic heterocycles. The zero-order valence-electron chi connectivity index (χ0n) is 27.5. The number of hydrogen-bond acceptors (Lipinski definition) is 8. The number of ether oxygens (including phenoxy) is 3. The van der Waals surface area contributed by atoms with E-state index in [4.69, 9.17) is 14.2 Å². The monoisotopic (exact) mass is 606 g/mol. The molecule has 0 spiro atoms. The molecule has 0 bridgehead atoms. The van der Waals surface area contributed by atoms with Gasteiger partial charge in [-0.2, -0.15) is 0 Å². The molecule has 2 aromatic rings. The summed E-state index contributed by atoms with van der Waals surface area (Å²) in [6.45, 7) is 22.1. The summed E-state index contributed by atoms with van der Waals surface area (Å²) in [5, 5.41) is 3.00. The smallest absolute Gasteiger partial charge is 0.410 e. The first-order chi connectivity index (χ1) is 20.3. The minimum atomic E-state index is -0.658. The number of esters is 1. The zero-order valence-corrected chi connectivity index (χ0v) is 27.5. The number of benzene rings is 2. The molecule has 9 nitrogen and oxygen atoms in total. The zero-order chi connectivity index (χ0) is 33.1. The highest BCUT2D eigenvalue weighted by molar-refractivity contribution is 5.94. The lowest BCUT2D eigenvalue weighted by Crippen LogP contribution is -2.42. The third-order valence-electron chi connectivity index (χ3n) is 7.64. The van der Waals surface area contributed by atoms with Crippen LogP contribution in [0.25, 0.3) is 0 Å². The fraction of sp³-hybridized carbons (Fsp3) is 0.486. The predicted octanol–water partition coefficient (Wildman–Crippen LogP) is 6.14. The molecular weight excluding hydrogens is 560 g/mol. The molecule has 238 valence electrons. The van der Waals surface area contributed by atoms with Crippen molar-refractivity contribution in [2.75, 3.05) is 13.1 Å². The number of hydrogen-bond donors (Lipinski definition) is 1. The molecule has 44 heavy (non-hydrogen) atoms. The molecule has 1 N–H and O–H groups in total. The molecule has 0 unspecified atom stereocenters. The normalized spacial score (nSPS) is 20.9. The van der Waals surface area contributed by atoms with Crippen LogP contribution in [0.1, 0.15) is 90.2 Å². The number of likely N-dealkylation sites (N-methyl/N-ethyl adjacent to an activating group) is 1. The van der Waals surface area contributed by atoms with Crippen LogP contribution in [0.3, 0.4) is 0 Å². The molecule has 2 fully saturated rings. The Labute approximate surface area is 260 Å². The number of Topliss-reactive ketones (excluding diaryl/α,β-unsaturated/α-hetero) is 2. The minimum Gasteiger partial charge on any atom is -0.480 e. The number of para-hydroxylation sites is 1. The van der Waals surface area contributed by atoms with Crippen molar-refractivity contribution in [3.63, 3.8) is 0 Å². The van der Waals surface area contributed by atoms with Crippen LogP contribution >= 0.6 is 0 Å². The van der Waals surface area contributed by atoms with E-state index in [1.54, 1.807) is 11.0 Å². The SMILES string of the molecule is C=C1CC(=O)C(C)(C)N1.CC1(C)OC(=O)c2ccccc21.CC1(C)Oc2ccccc2CC1=O.CCN1CC(C)(C)OC1=O. The van der Waals surface area contributed by atoms with Crippen molar-refractivity contribution in [3.05, 3.63) is 77.5 Å². The first-order valence-electron chi connectivity index (χ1n) is 14.9. The van der Waals surface area contributed by atoms with E-state index >= 15 is 0 Å². The van der Waals surface area contributed by atoms with Gasteiger partial charge in [0.1, 0.15) is 17.0 Å². The van der Waals surface area contributed by atoms with E-state index in [1.807, 2.05) is 105 Å². The second kappa shape index (κ2) is 12.8.